The van der Waals surface area contributed by atoms with Gasteiger partial charge in [0.1, 0.15) is 12.3 Å². The summed E-state index contributed by atoms with van der Waals surface area (Å²) in [4.78, 5) is 46.5. The highest BCUT2D eigenvalue weighted by Crippen LogP contribution is 2.48. The van der Waals surface area contributed by atoms with E-state index in [1.807, 2.05) is 60.7 Å². The van der Waals surface area contributed by atoms with Gasteiger partial charge in [-0.15, -0.1) is 0 Å². The highest BCUT2D eigenvalue weighted by molar-refractivity contribution is 7.52. The Morgan fingerprint density at radius 1 is 1.05 bits per heavy atom. The lowest BCUT2D eigenvalue weighted by Gasteiger charge is -2.45. The standard InChI is InChI=1S/C26H33N2O8PSi/c1-17-16-28(25(31)27-23(17)29)21-15-20(22(35-21)24(30)37(32,33)34)36-38(26(2,3)4,18-11-7-5-8-12-18)19-13-9-6-10-14-19/h5-14,16,20-22,24,30H,15H2,1-4H3,(H,27,29,31)(H2,32,33,34)/t20-,21+,22-,24+/m0/s1. The largest absolute Gasteiger partial charge is 0.402 e. The molecule has 4 N–H and O–H groups in total. The molecule has 1 aromatic heterocycles. The van der Waals surface area contributed by atoms with Crippen LogP contribution in [0, 0.1) is 6.92 Å². The molecule has 2 heterocycles. The fourth-order valence-electron chi connectivity index (χ4n) is 5.12. The van der Waals surface area contributed by atoms with Crippen molar-refractivity contribution in [2.75, 3.05) is 0 Å². The monoisotopic (exact) mass is 560 g/mol. The van der Waals surface area contributed by atoms with Gasteiger partial charge in [-0.2, -0.15) is 0 Å². The van der Waals surface area contributed by atoms with E-state index in [1.54, 1.807) is 0 Å². The lowest BCUT2D eigenvalue weighted by Crippen LogP contribution is -2.68. The summed E-state index contributed by atoms with van der Waals surface area (Å²) in [5.41, 5.74) is -1.02. The SMILES string of the molecule is Cc1cn([C@H]2C[C@H](O[Si](c3ccccc3)(c3ccccc3)C(C)(C)C)[C@@H]([C@H](O)P(=O)(O)O)O2)c(=O)[nH]c1=O. The molecule has 1 fully saturated rings. The smallest absolute Gasteiger partial charge is 0.356 e. The number of aromatic amines is 1. The third-order valence-corrected chi connectivity index (χ3v) is 13.0. The molecule has 0 aliphatic carbocycles. The second-order valence-electron chi connectivity index (χ2n) is 10.6. The second kappa shape index (κ2) is 10.5. The van der Waals surface area contributed by atoms with Crippen LogP contribution in [0.2, 0.25) is 5.04 Å². The zero-order chi connectivity index (χ0) is 27.9. The Hall–Kier alpha value is -2.63. The Balaban J connectivity index is 1.88. The van der Waals surface area contributed by atoms with Crippen LogP contribution in [0.3, 0.4) is 0 Å². The van der Waals surface area contributed by atoms with E-state index in [1.165, 1.54) is 13.1 Å². The van der Waals surface area contributed by atoms with Gasteiger partial charge in [0.25, 0.3) is 13.9 Å². The number of ether oxygens (including phenoxy) is 1. The number of hydrogen-bond donors (Lipinski definition) is 4. The van der Waals surface area contributed by atoms with Gasteiger partial charge in [0.05, 0.1) is 6.10 Å². The second-order valence-corrected chi connectivity index (χ2v) is 16.6. The number of aliphatic hydroxyl groups is 1. The Kier molecular flexibility index (Phi) is 7.84. The third kappa shape index (κ3) is 5.28. The summed E-state index contributed by atoms with van der Waals surface area (Å²) in [5.74, 6) is -2.18. The van der Waals surface area contributed by atoms with Gasteiger partial charge in [-0.25, -0.2) is 4.79 Å². The minimum absolute atomic E-state index is 0.0115. The van der Waals surface area contributed by atoms with Crippen molar-refractivity contribution in [3.8, 4) is 0 Å². The van der Waals surface area contributed by atoms with E-state index in [9.17, 15) is 29.0 Å². The number of aromatic nitrogens is 2. The number of hydrogen-bond acceptors (Lipinski definition) is 6. The van der Waals surface area contributed by atoms with E-state index >= 15 is 0 Å². The van der Waals surface area contributed by atoms with E-state index in [4.69, 9.17) is 9.16 Å². The fourth-order valence-corrected chi connectivity index (χ4v) is 10.5. The van der Waals surface area contributed by atoms with Crippen LogP contribution in [-0.2, 0) is 13.7 Å². The Labute approximate surface area is 221 Å². The first kappa shape index (κ1) is 28.4. The van der Waals surface area contributed by atoms with Gasteiger partial charge in [0.2, 0.25) is 0 Å². The number of nitrogens with zero attached hydrogens (tertiary/aromatic N) is 1. The molecule has 0 radical (unpaired) electrons. The van der Waals surface area contributed by atoms with Crippen LogP contribution in [0.4, 0.5) is 0 Å². The van der Waals surface area contributed by atoms with Gasteiger partial charge in [-0.1, -0.05) is 81.4 Å². The first-order chi connectivity index (χ1) is 17.8. The molecule has 38 heavy (non-hydrogen) atoms. The molecular weight excluding hydrogens is 527 g/mol. The van der Waals surface area contributed by atoms with Crippen LogP contribution in [0.15, 0.2) is 76.4 Å². The average molecular weight is 561 g/mol. The van der Waals surface area contributed by atoms with Crippen LogP contribution < -0.4 is 21.6 Å². The van der Waals surface area contributed by atoms with Crippen molar-refractivity contribution in [2.45, 2.75) is 63.4 Å². The minimum Gasteiger partial charge on any atom is -0.402 e. The Morgan fingerprint density at radius 3 is 2.05 bits per heavy atom. The molecule has 1 aliphatic rings. The number of benzene rings is 2. The van der Waals surface area contributed by atoms with E-state index < -0.39 is 56.5 Å². The van der Waals surface area contributed by atoms with Gasteiger partial charge < -0.3 is 24.1 Å². The van der Waals surface area contributed by atoms with E-state index in [0.717, 1.165) is 14.9 Å². The molecular formula is C26H33N2O8PSi. The van der Waals surface area contributed by atoms with Gasteiger partial charge in [0.15, 0.2) is 5.85 Å². The topological polar surface area (TPSA) is 151 Å². The molecule has 0 spiro atoms. The minimum atomic E-state index is -5.02. The van der Waals surface area contributed by atoms with Gasteiger partial charge in [0, 0.05) is 18.2 Å². The number of nitrogens with one attached hydrogen (secondary N) is 1. The molecule has 0 amide bonds. The van der Waals surface area contributed by atoms with E-state index in [-0.39, 0.29) is 12.0 Å². The molecule has 4 atom stereocenters. The quantitative estimate of drug-likeness (QED) is 0.251. The Morgan fingerprint density at radius 2 is 1.58 bits per heavy atom. The lowest BCUT2D eigenvalue weighted by molar-refractivity contribution is -0.0620. The molecule has 12 heteroatoms. The summed E-state index contributed by atoms with van der Waals surface area (Å²) in [6.45, 7) is 7.69. The number of aliphatic hydroxyl groups excluding tert-OH is 1. The van der Waals surface area contributed by atoms with Crippen molar-refractivity contribution in [1.82, 2.24) is 9.55 Å². The zero-order valence-electron chi connectivity index (χ0n) is 21.6. The lowest BCUT2D eigenvalue weighted by atomic mass is 10.2. The first-order valence-corrected chi connectivity index (χ1v) is 15.8. The van der Waals surface area contributed by atoms with Gasteiger partial charge >= 0.3 is 13.3 Å². The van der Waals surface area contributed by atoms with Crippen LogP contribution in [0.25, 0.3) is 0 Å². The maximum absolute atomic E-state index is 12.6. The number of rotatable bonds is 7. The summed E-state index contributed by atoms with van der Waals surface area (Å²) in [6, 6.07) is 19.3. The molecule has 0 unspecified atom stereocenters. The van der Waals surface area contributed by atoms with Crippen molar-refractivity contribution in [2.24, 2.45) is 0 Å². The number of aryl methyl sites for hydroxylation is 1. The molecule has 1 aliphatic heterocycles. The molecule has 0 saturated carbocycles. The molecule has 4 rings (SSSR count). The summed E-state index contributed by atoms with van der Waals surface area (Å²) < 4.78 is 26.3. The van der Waals surface area contributed by atoms with Crippen LogP contribution in [0.1, 0.15) is 39.0 Å². The molecule has 3 aromatic rings. The summed E-state index contributed by atoms with van der Waals surface area (Å²) in [7, 11) is -8.23. The highest BCUT2D eigenvalue weighted by atomic mass is 31.2. The van der Waals surface area contributed by atoms with Crippen molar-refractivity contribution in [1.29, 1.82) is 0 Å². The average Bonchev–Trinajstić information content (AvgIpc) is 3.27. The van der Waals surface area contributed by atoms with Crippen molar-refractivity contribution in [3.63, 3.8) is 0 Å². The molecule has 10 nitrogen and oxygen atoms in total. The Bertz CT molecular complexity index is 1390. The van der Waals surface area contributed by atoms with Crippen molar-refractivity contribution < 1.29 is 28.6 Å². The molecule has 0 bridgehead atoms. The van der Waals surface area contributed by atoms with Crippen LogP contribution in [-0.4, -0.2) is 50.8 Å². The van der Waals surface area contributed by atoms with Gasteiger partial charge in [-0.3, -0.25) is 18.9 Å². The summed E-state index contributed by atoms with van der Waals surface area (Å²) in [5, 5.41) is 12.1. The predicted molar refractivity (Wildman–Crippen MR) is 145 cm³/mol. The maximum atomic E-state index is 12.6. The maximum Gasteiger partial charge on any atom is 0.356 e. The zero-order valence-corrected chi connectivity index (χ0v) is 23.5. The first-order valence-electron chi connectivity index (χ1n) is 12.3. The summed E-state index contributed by atoms with van der Waals surface area (Å²) in [6.07, 6.45) is -2.13. The van der Waals surface area contributed by atoms with E-state index in [0.29, 0.717) is 0 Å². The third-order valence-electron chi connectivity index (χ3n) is 6.95. The van der Waals surface area contributed by atoms with Crippen molar-refractivity contribution >= 4 is 26.3 Å². The summed E-state index contributed by atoms with van der Waals surface area (Å²) >= 11 is 0. The van der Waals surface area contributed by atoms with E-state index in [2.05, 4.69) is 25.8 Å². The highest BCUT2D eigenvalue weighted by Gasteiger charge is 2.56. The fraction of sp³-hybridized carbons (Fsp3) is 0.385. The molecule has 2 aromatic carbocycles. The normalized spacial score (nSPS) is 21.4. The van der Waals surface area contributed by atoms with Crippen LogP contribution >= 0.6 is 7.60 Å². The van der Waals surface area contributed by atoms with Crippen LogP contribution in [0.5, 0.6) is 0 Å². The molecule has 1 saturated heterocycles. The molecule has 204 valence electrons. The van der Waals surface area contributed by atoms with Gasteiger partial charge in [-0.05, 0) is 22.3 Å². The number of H-pyrrole nitrogens is 1. The van der Waals surface area contributed by atoms with Crippen molar-refractivity contribution in [3.05, 3.63) is 93.3 Å². The predicted octanol–water partition coefficient (Wildman–Crippen LogP) is 1.57.